The first kappa shape index (κ1) is 19.9. The second-order valence-electron chi connectivity index (χ2n) is 6.83. The van der Waals surface area contributed by atoms with E-state index in [1.807, 2.05) is 43.1 Å². The summed E-state index contributed by atoms with van der Waals surface area (Å²) in [6.45, 7) is 6.55. The lowest BCUT2D eigenvalue weighted by atomic mass is 10.0. The Balaban J connectivity index is 1.97. The molecule has 0 bridgehead atoms. The average molecular weight is 358 g/mol. The Morgan fingerprint density at radius 1 is 1.15 bits per heavy atom. The van der Waals surface area contributed by atoms with Crippen LogP contribution in [0.15, 0.2) is 42.5 Å². The third kappa shape index (κ3) is 5.05. The van der Waals surface area contributed by atoms with Gasteiger partial charge in [-0.1, -0.05) is 32.0 Å². The second-order valence-corrected chi connectivity index (χ2v) is 6.83. The number of benzene rings is 2. The van der Waals surface area contributed by atoms with Gasteiger partial charge in [-0.25, -0.2) is 4.39 Å². The van der Waals surface area contributed by atoms with E-state index in [1.165, 1.54) is 18.7 Å². The van der Waals surface area contributed by atoms with E-state index in [2.05, 4.69) is 19.2 Å². The summed E-state index contributed by atoms with van der Waals surface area (Å²) in [7, 11) is 3.28. The number of rotatable bonds is 7. The quantitative estimate of drug-likeness (QED) is 0.797. The summed E-state index contributed by atoms with van der Waals surface area (Å²) in [5, 5.41) is 2.93. The summed E-state index contributed by atoms with van der Waals surface area (Å²) in [5.41, 5.74) is 2.79. The van der Waals surface area contributed by atoms with Crippen molar-refractivity contribution in [1.82, 2.24) is 4.90 Å². The number of anilines is 1. The van der Waals surface area contributed by atoms with E-state index in [-0.39, 0.29) is 17.7 Å². The molecule has 0 aromatic heterocycles. The molecule has 4 nitrogen and oxygen atoms in total. The first-order valence-electron chi connectivity index (χ1n) is 8.75. The third-order valence-electron chi connectivity index (χ3n) is 4.53. The molecule has 0 aliphatic heterocycles. The minimum absolute atomic E-state index is 0.0984. The Bertz CT molecular complexity index is 744. The fraction of sp³-hybridized carbons (Fsp3) is 0.381. The van der Waals surface area contributed by atoms with Crippen LogP contribution in [-0.4, -0.2) is 31.0 Å². The topological polar surface area (TPSA) is 41.6 Å². The van der Waals surface area contributed by atoms with E-state index in [9.17, 15) is 9.18 Å². The van der Waals surface area contributed by atoms with Gasteiger partial charge in [0.1, 0.15) is 0 Å². The minimum atomic E-state index is -0.402. The van der Waals surface area contributed by atoms with Gasteiger partial charge < -0.3 is 10.1 Å². The van der Waals surface area contributed by atoms with Crippen molar-refractivity contribution in [3.05, 3.63) is 59.4 Å². The van der Waals surface area contributed by atoms with Gasteiger partial charge >= 0.3 is 0 Å². The largest absolute Gasteiger partial charge is 0.494 e. The number of hydrogen-bond donors (Lipinski definition) is 1. The van der Waals surface area contributed by atoms with Gasteiger partial charge in [0.05, 0.1) is 13.2 Å². The summed E-state index contributed by atoms with van der Waals surface area (Å²) in [6.07, 6.45) is 0. The van der Waals surface area contributed by atoms with Crippen molar-refractivity contribution >= 4 is 11.6 Å². The lowest BCUT2D eigenvalue weighted by molar-refractivity contribution is -0.120. The number of ether oxygens (including phenoxy) is 1. The first-order chi connectivity index (χ1) is 12.3. The molecule has 0 unspecified atom stereocenters. The fourth-order valence-electron chi connectivity index (χ4n) is 2.63. The number of nitrogens with zero attached hydrogens (tertiary/aromatic N) is 1. The highest BCUT2D eigenvalue weighted by molar-refractivity contribution is 5.94. The lowest BCUT2D eigenvalue weighted by Gasteiger charge is -2.24. The molecule has 0 saturated carbocycles. The smallest absolute Gasteiger partial charge is 0.241 e. The molecular formula is C21H27FN2O2. The Morgan fingerprint density at radius 3 is 2.35 bits per heavy atom. The van der Waals surface area contributed by atoms with E-state index in [0.717, 1.165) is 11.3 Å². The van der Waals surface area contributed by atoms with Gasteiger partial charge in [0.25, 0.3) is 0 Å². The molecule has 0 aliphatic rings. The van der Waals surface area contributed by atoms with Crippen LogP contribution in [0.5, 0.6) is 5.75 Å². The number of methoxy groups -OCH3 is 1. The molecule has 1 amide bonds. The SMILES string of the molecule is COc1ccc(CN(C)[C@H](C)C(=O)Nc2ccc(C(C)C)cc2)cc1F. The van der Waals surface area contributed by atoms with E-state index in [4.69, 9.17) is 4.74 Å². The maximum Gasteiger partial charge on any atom is 0.241 e. The summed E-state index contributed by atoms with van der Waals surface area (Å²) < 4.78 is 18.7. The van der Waals surface area contributed by atoms with Gasteiger partial charge in [-0.3, -0.25) is 9.69 Å². The third-order valence-corrected chi connectivity index (χ3v) is 4.53. The highest BCUT2D eigenvalue weighted by Crippen LogP contribution is 2.20. The van der Waals surface area contributed by atoms with Gasteiger partial charge in [-0.15, -0.1) is 0 Å². The maximum absolute atomic E-state index is 13.8. The van der Waals surface area contributed by atoms with E-state index in [1.54, 1.807) is 12.1 Å². The standard InChI is InChI=1S/C21H27FN2O2/c1-14(2)17-7-9-18(10-8-17)23-21(25)15(3)24(4)13-16-6-11-20(26-5)19(22)12-16/h6-12,14-15H,13H2,1-5H3,(H,23,25)/t15-/m1/s1. The average Bonchev–Trinajstić information content (AvgIpc) is 2.61. The van der Waals surface area contributed by atoms with Crippen LogP contribution in [0, 0.1) is 5.82 Å². The Hall–Kier alpha value is -2.40. The monoisotopic (exact) mass is 358 g/mol. The van der Waals surface area contributed by atoms with Crippen LogP contribution in [0.3, 0.4) is 0 Å². The van der Waals surface area contributed by atoms with Gasteiger partial charge in [0, 0.05) is 12.2 Å². The van der Waals surface area contributed by atoms with Crippen LogP contribution in [-0.2, 0) is 11.3 Å². The molecule has 2 aromatic rings. The van der Waals surface area contributed by atoms with Crippen molar-refractivity contribution in [3.8, 4) is 5.75 Å². The van der Waals surface area contributed by atoms with E-state index in [0.29, 0.717) is 12.5 Å². The van der Waals surface area contributed by atoms with Crippen molar-refractivity contribution < 1.29 is 13.9 Å². The molecule has 0 radical (unpaired) electrons. The van der Waals surface area contributed by atoms with Crippen molar-refractivity contribution in [3.63, 3.8) is 0 Å². The Labute approximate surface area is 155 Å². The van der Waals surface area contributed by atoms with Crippen LogP contribution in [0.4, 0.5) is 10.1 Å². The maximum atomic E-state index is 13.8. The van der Waals surface area contributed by atoms with Gasteiger partial charge in [0.2, 0.25) is 5.91 Å². The van der Waals surface area contributed by atoms with Crippen molar-refractivity contribution in [2.75, 3.05) is 19.5 Å². The van der Waals surface area contributed by atoms with E-state index >= 15 is 0 Å². The molecule has 2 aromatic carbocycles. The number of nitrogens with one attached hydrogen (secondary N) is 1. The molecular weight excluding hydrogens is 331 g/mol. The molecule has 140 valence electrons. The highest BCUT2D eigenvalue weighted by atomic mass is 19.1. The van der Waals surface area contributed by atoms with Crippen molar-refractivity contribution in [2.45, 2.75) is 39.3 Å². The number of carbonyl (C=O) groups excluding carboxylic acids is 1. The lowest BCUT2D eigenvalue weighted by Crippen LogP contribution is -2.39. The number of halogens is 1. The summed E-state index contributed by atoms with van der Waals surface area (Å²) in [4.78, 5) is 14.4. The molecule has 0 spiro atoms. The number of carbonyl (C=O) groups is 1. The van der Waals surface area contributed by atoms with Crippen LogP contribution in [0.2, 0.25) is 0 Å². The normalized spacial score (nSPS) is 12.3. The van der Waals surface area contributed by atoms with Crippen LogP contribution >= 0.6 is 0 Å². The number of hydrogen-bond acceptors (Lipinski definition) is 3. The summed E-state index contributed by atoms with van der Waals surface area (Å²) >= 11 is 0. The molecule has 0 aliphatic carbocycles. The molecule has 26 heavy (non-hydrogen) atoms. The van der Waals surface area contributed by atoms with Gasteiger partial charge in [0.15, 0.2) is 11.6 Å². The van der Waals surface area contributed by atoms with Crippen LogP contribution in [0.1, 0.15) is 37.8 Å². The predicted molar refractivity (Wildman–Crippen MR) is 103 cm³/mol. The number of likely N-dealkylation sites (N-methyl/N-ethyl adjacent to an activating group) is 1. The Kier molecular flexibility index (Phi) is 6.75. The second kappa shape index (κ2) is 8.81. The summed E-state index contributed by atoms with van der Waals surface area (Å²) in [6, 6.07) is 12.4. The molecule has 2 rings (SSSR count). The van der Waals surface area contributed by atoms with Crippen LogP contribution in [0.25, 0.3) is 0 Å². The Morgan fingerprint density at radius 2 is 1.81 bits per heavy atom. The molecule has 0 heterocycles. The summed E-state index contributed by atoms with van der Waals surface area (Å²) in [5.74, 6) is 0.168. The molecule has 1 atom stereocenters. The van der Waals surface area contributed by atoms with E-state index < -0.39 is 5.82 Å². The zero-order valence-corrected chi connectivity index (χ0v) is 16.0. The van der Waals surface area contributed by atoms with Crippen LogP contribution < -0.4 is 10.1 Å². The van der Waals surface area contributed by atoms with Crippen molar-refractivity contribution in [1.29, 1.82) is 0 Å². The zero-order chi connectivity index (χ0) is 19.3. The number of amides is 1. The minimum Gasteiger partial charge on any atom is -0.494 e. The predicted octanol–water partition coefficient (Wildman–Crippen LogP) is 4.42. The highest BCUT2D eigenvalue weighted by Gasteiger charge is 2.19. The first-order valence-corrected chi connectivity index (χ1v) is 8.75. The molecule has 1 N–H and O–H groups in total. The molecule has 0 saturated heterocycles. The van der Waals surface area contributed by atoms with Gasteiger partial charge in [-0.2, -0.15) is 0 Å². The zero-order valence-electron chi connectivity index (χ0n) is 16.0. The molecule has 5 heteroatoms. The molecule has 0 fully saturated rings. The van der Waals surface area contributed by atoms with Crippen molar-refractivity contribution in [2.24, 2.45) is 0 Å². The van der Waals surface area contributed by atoms with Gasteiger partial charge in [-0.05, 0) is 55.3 Å². The fourth-order valence-corrected chi connectivity index (χ4v) is 2.63.